The summed E-state index contributed by atoms with van der Waals surface area (Å²) in [6.45, 7) is 5.96. The number of thioether (sulfide) groups is 1. The number of nitrogens with zero attached hydrogens (tertiary/aromatic N) is 2. The van der Waals surface area contributed by atoms with Gasteiger partial charge in [-0.25, -0.2) is 9.97 Å². The van der Waals surface area contributed by atoms with Gasteiger partial charge in [-0.3, -0.25) is 4.79 Å². The predicted octanol–water partition coefficient (Wildman–Crippen LogP) is 3.62. The Balaban J connectivity index is 1.60. The van der Waals surface area contributed by atoms with Crippen LogP contribution in [0.2, 0.25) is 0 Å². The smallest absolute Gasteiger partial charge is 0.234 e. The average Bonchev–Trinajstić information content (AvgIpc) is 2.98. The van der Waals surface area contributed by atoms with Crippen LogP contribution in [0.5, 0.6) is 0 Å². The summed E-state index contributed by atoms with van der Waals surface area (Å²) in [5.41, 5.74) is 6.71. The molecule has 2 aromatic rings. The Hall–Kier alpha value is -1.88. The number of hydrogen-bond acceptors (Lipinski definition) is 4. The number of fused-ring (bicyclic) bond motifs is 1. The maximum absolute atomic E-state index is 12.1. The quantitative estimate of drug-likeness (QED) is 0.688. The van der Waals surface area contributed by atoms with Gasteiger partial charge in [-0.1, -0.05) is 17.8 Å². The summed E-state index contributed by atoms with van der Waals surface area (Å²) >= 11 is 1.38. The molecular formula is C18H21N3OS. The zero-order valence-electron chi connectivity index (χ0n) is 13.8. The van der Waals surface area contributed by atoms with E-state index in [1.165, 1.54) is 29.3 Å². The first kappa shape index (κ1) is 16.0. The summed E-state index contributed by atoms with van der Waals surface area (Å²) in [6, 6.07) is 6.21. The predicted molar refractivity (Wildman–Crippen MR) is 94.1 cm³/mol. The number of anilines is 1. The number of aromatic nitrogens is 2. The number of rotatable bonds is 4. The lowest BCUT2D eigenvalue weighted by Gasteiger charge is -2.08. The van der Waals surface area contributed by atoms with E-state index in [0.29, 0.717) is 10.9 Å². The molecule has 0 fully saturated rings. The van der Waals surface area contributed by atoms with Crippen molar-refractivity contribution in [3.63, 3.8) is 0 Å². The second kappa shape index (κ2) is 6.71. The molecule has 0 radical (unpaired) electrons. The highest BCUT2D eigenvalue weighted by atomic mass is 32.2. The Bertz CT molecular complexity index is 735. The van der Waals surface area contributed by atoms with Gasteiger partial charge in [0.15, 0.2) is 5.16 Å². The molecule has 1 N–H and O–H groups in total. The summed E-state index contributed by atoms with van der Waals surface area (Å²) in [7, 11) is 0. The molecule has 0 saturated carbocycles. The molecule has 0 bridgehead atoms. The fourth-order valence-electron chi connectivity index (χ4n) is 2.78. The van der Waals surface area contributed by atoms with Crippen LogP contribution in [0.15, 0.2) is 23.4 Å². The second-order valence-corrected chi connectivity index (χ2v) is 6.92. The summed E-state index contributed by atoms with van der Waals surface area (Å²) < 4.78 is 0. The van der Waals surface area contributed by atoms with Crippen LogP contribution < -0.4 is 5.32 Å². The SMILES string of the molecule is Cc1nc(SCC(=O)Nc2ccc3c(c2)CCC3)nc(C)c1C. The Morgan fingerprint density at radius 1 is 1.13 bits per heavy atom. The van der Waals surface area contributed by atoms with Crippen LogP contribution in [0.4, 0.5) is 5.69 Å². The van der Waals surface area contributed by atoms with Crippen LogP contribution in [0.25, 0.3) is 0 Å². The van der Waals surface area contributed by atoms with Crippen molar-refractivity contribution in [2.45, 2.75) is 45.2 Å². The Kier molecular flexibility index (Phi) is 4.66. The average molecular weight is 327 g/mol. The van der Waals surface area contributed by atoms with Gasteiger partial charge in [0.2, 0.25) is 5.91 Å². The third-order valence-electron chi connectivity index (χ3n) is 4.33. The van der Waals surface area contributed by atoms with E-state index >= 15 is 0 Å². The van der Waals surface area contributed by atoms with Crippen LogP contribution in [0.1, 0.15) is 34.5 Å². The van der Waals surface area contributed by atoms with E-state index in [1.807, 2.05) is 26.8 Å². The summed E-state index contributed by atoms with van der Waals surface area (Å²) in [5.74, 6) is 0.298. The molecule has 1 heterocycles. The molecule has 0 aliphatic heterocycles. The van der Waals surface area contributed by atoms with Crippen molar-refractivity contribution in [1.82, 2.24) is 9.97 Å². The minimum Gasteiger partial charge on any atom is -0.325 e. The lowest BCUT2D eigenvalue weighted by Crippen LogP contribution is -2.14. The first-order valence-corrected chi connectivity index (χ1v) is 8.88. The highest BCUT2D eigenvalue weighted by molar-refractivity contribution is 7.99. The number of carbonyl (C=O) groups is 1. The molecule has 120 valence electrons. The van der Waals surface area contributed by atoms with Gasteiger partial charge in [-0.05, 0) is 68.9 Å². The largest absolute Gasteiger partial charge is 0.325 e. The molecule has 0 saturated heterocycles. The number of amides is 1. The van der Waals surface area contributed by atoms with Crippen LogP contribution in [-0.2, 0) is 17.6 Å². The molecule has 1 aromatic carbocycles. The molecule has 1 amide bonds. The van der Waals surface area contributed by atoms with Crippen molar-refractivity contribution in [1.29, 1.82) is 0 Å². The van der Waals surface area contributed by atoms with Crippen molar-refractivity contribution in [3.8, 4) is 0 Å². The molecule has 0 atom stereocenters. The zero-order chi connectivity index (χ0) is 16.4. The molecule has 1 aromatic heterocycles. The third-order valence-corrected chi connectivity index (χ3v) is 5.17. The Morgan fingerprint density at radius 2 is 1.83 bits per heavy atom. The highest BCUT2D eigenvalue weighted by Crippen LogP contribution is 2.25. The molecule has 0 unspecified atom stereocenters. The summed E-state index contributed by atoms with van der Waals surface area (Å²) in [5, 5.41) is 3.63. The number of nitrogens with one attached hydrogen (secondary N) is 1. The van der Waals surface area contributed by atoms with Crippen LogP contribution in [0.3, 0.4) is 0 Å². The number of aryl methyl sites for hydroxylation is 4. The van der Waals surface area contributed by atoms with E-state index in [1.54, 1.807) is 0 Å². The molecular weight excluding hydrogens is 306 g/mol. The molecule has 4 nitrogen and oxygen atoms in total. The topological polar surface area (TPSA) is 54.9 Å². The van der Waals surface area contributed by atoms with E-state index in [9.17, 15) is 4.79 Å². The van der Waals surface area contributed by atoms with Gasteiger partial charge < -0.3 is 5.32 Å². The molecule has 1 aliphatic carbocycles. The Morgan fingerprint density at radius 3 is 2.57 bits per heavy atom. The number of carbonyl (C=O) groups excluding carboxylic acids is 1. The lowest BCUT2D eigenvalue weighted by atomic mass is 10.1. The van der Waals surface area contributed by atoms with Crippen molar-refractivity contribution in [3.05, 3.63) is 46.3 Å². The van der Waals surface area contributed by atoms with E-state index in [0.717, 1.165) is 35.5 Å². The van der Waals surface area contributed by atoms with Gasteiger partial charge in [0, 0.05) is 17.1 Å². The Labute approximate surface area is 141 Å². The number of hydrogen-bond donors (Lipinski definition) is 1. The van der Waals surface area contributed by atoms with E-state index in [2.05, 4.69) is 27.4 Å². The minimum absolute atomic E-state index is 0.0209. The fourth-order valence-corrected chi connectivity index (χ4v) is 3.52. The van der Waals surface area contributed by atoms with Gasteiger partial charge in [0.1, 0.15) is 0 Å². The maximum atomic E-state index is 12.1. The first-order valence-electron chi connectivity index (χ1n) is 7.89. The molecule has 23 heavy (non-hydrogen) atoms. The van der Waals surface area contributed by atoms with Gasteiger partial charge >= 0.3 is 0 Å². The lowest BCUT2D eigenvalue weighted by molar-refractivity contribution is -0.113. The zero-order valence-corrected chi connectivity index (χ0v) is 14.6. The van der Waals surface area contributed by atoms with Crippen molar-refractivity contribution in [2.75, 3.05) is 11.1 Å². The maximum Gasteiger partial charge on any atom is 0.234 e. The van der Waals surface area contributed by atoms with Crippen LogP contribution >= 0.6 is 11.8 Å². The van der Waals surface area contributed by atoms with Crippen LogP contribution in [-0.4, -0.2) is 21.6 Å². The second-order valence-electron chi connectivity index (χ2n) is 5.98. The van der Waals surface area contributed by atoms with E-state index in [-0.39, 0.29) is 5.91 Å². The number of benzene rings is 1. The van der Waals surface area contributed by atoms with Crippen molar-refractivity contribution in [2.24, 2.45) is 0 Å². The van der Waals surface area contributed by atoms with Crippen molar-refractivity contribution < 1.29 is 4.79 Å². The first-order chi connectivity index (χ1) is 11.0. The summed E-state index contributed by atoms with van der Waals surface area (Å²) in [6.07, 6.45) is 3.48. The standard InChI is InChI=1S/C18H21N3OS/c1-11-12(2)19-18(20-13(11)3)23-10-17(22)21-16-8-7-14-5-4-6-15(14)9-16/h7-9H,4-6,10H2,1-3H3,(H,21,22). The van der Waals surface area contributed by atoms with Gasteiger partial charge in [0.25, 0.3) is 0 Å². The minimum atomic E-state index is -0.0209. The normalized spacial score (nSPS) is 13.0. The van der Waals surface area contributed by atoms with E-state index < -0.39 is 0 Å². The fraction of sp³-hybridized carbons (Fsp3) is 0.389. The monoisotopic (exact) mass is 327 g/mol. The van der Waals surface area contributed by atoms with Gasteiger partial charge in [-0.15, -0.1) is 0 Å². The molecule has 0 spiro atoms. The third kappa shape index (κ3) is 3.72. The van der Waals surface area contributed by atoms with Crippen molar-refractivity contribution >= 4 is 23.4 Å². The summed E-state index contributed by atoms with van der Waals surface area (Å²) in [4.78, 5) is 21.0. The van der Waals surface area contributed by atoms with Crippen LogP contribution in [0, 0.1) is 20.8 Å². The molecule has 3 rings (SSSR count). The highest BCUT2D eigenvalue weighted by Gasteiger charge is 2.12. The molecule has 1 aliphatic rings. The molecule has 5 heteroatoms. The van der Waals surface area contributed by atoms with Gasteiger partial charge in [-0.2, -0.15) is 0 Å². The van der Waals surface area contributed by atoms with E-state index in [4.69, 9.17) is 0 Å². The van der Waals surface area contributed by atoms with Gasteiger partial charge in [0.05, 0.1) is 5.75 Å².